The standard InChI is InChI=1S/C70H128NO8P/c1-6-8-10-12-14-16-18-20-22-24-26-27-28-29-30-31-32-33-34-35-36-37-38-39-40-41-42-43-45-47-49-51-53-55-57-59-61-63-70(73)79-68(67-78-80(74,75)77-65-64-71(3,4)5)66-76-69(72)62-60-58-56-54-52-50-48-46-44-25-23-21-19-17-15-13-11-9-7-2/h8,10,14,16,20-23,26-27,29-30,68H,6-7,9,11-13,15,17-19,24-25,28,31-67H2,1-5H3/p+1/b10-8-,16-14-,22-20-,23-21-,27-26-,30-29-. The second-order valence-corrected chi connectivity index (χ2v) is 25.3. The van der Waals surface area contributed by atoms with Gasteiger partial charge < -0.3 is 18.9 Å². The third kappa shape index (κ3) is 64.6. The summed E-state index contributed by atoms with van der Waals surface area (Å²) in [5, 5.41) is 0. The van der Waals surface area contributed by atoms with Gasteiger partial charge in [-0.25, -0.2) is 4.57 Å². The van der Waals surface area contributed by atoms with Crippen molar-refractivity contribution in [3.8, 4) is 0 Å². The van der Waals surface area contributed by atoms with E-state index in [-0.39, 0.29) is 32.0 Å². The summed E-state index contributed by atoms with van der Waals surface area (Å²) in [5.74, 6) is -0.786. The van der Waals surface area contributed by atoms with Gasteiger partial charge in [-0.3, -0.25) is 18.6 Å². The van der Waals surface area contributed by atoms with Crippen LogP contribution in [0, 0.1) is 0 Å². The maximum absolute atomic E-state index is 12.9. The molecule has 0 heterocycles. The third-order valence-corrected chi connectivity index (χ3v) is 15.7. The molecular weight excluding hydrogens is 1010 g/mol. The van der Waals surface area contributed by atoms with Crippen LogP contribution in [0.5, 0.6) is 0 Å². The average Bonchev–Trinajstić information content (AvgIpc) is 3.42. The van der Waals surface area contributed by atoms with Gasteiger partial charge in [0.1, 0.15) is 19.8 Å². The Kier molecular flexibility index (Phi) is 59.1. The van der Waals surface area contributed by atoms with Gasteiger partial charge in [0.2, 0.25) is 0 Å². The maximum atomic E-state index is 12.9. The number of unbranched alkanes of at least 4 members (excludes halogenated alkanes) is 36. The van der Waals surface area contributed by atoms with Crippen molar-refractivity contribution in [1.82, 2.24) is 0 Å². The number of allylic oxidation sites excluding steroid dienone is 12. The quantitative estimate of drug-likeness (QED) is 0.0211. The fourth-order valence-electron chi connectivity index (χ4n) is 9.57. The lowest BCUT2D eigenvalue weighted by atomic mass is 10.0. The van der Waals surface area contributed by atoms with Crippen molar-refractivity contribution in [2.45, 2.75) is 315 Å². The van der Waals surface area contributed by atoms with Crippen LogP contribution in [-0.4, -0.2) is 74.9 Å². The monoisotopic (exact) mass is 1140 g/mol. The smallest absolute Gasteiger partial charge is 0.462 e. The van der Waals surface area contributed by atoms with Gasteiger partial charge in [0.25, 0.3) is 0 Å². The molecule has 466 valence electrons. The Balaban J connectivity index is 3.97. The average molecular weight is 1140 g/mol. The van der Waals surface area contributed by atoms with E-state index in [1.165, 1.54) is 212 Å². The van der Waals surface area contributed by atoms with Gasteiger partial charge in [-0.1, -0.05) is 286 Å². The highest BCUT2D eigenvalue weighted by Gasteiger charge is 2.27. The van der Waals surface area contributed by atoms with E-state index in [0.717, 1.165) is 64.2 Å². The SMILES string of the molecule is CC/C=C\C/C=C\C/C=C\C/C=C\C/C=C\CCCCCCCCCCCCCCCCCCCCCCCC(=O)OC(COC(=O)CCCCCCCCCCC/C=C\CCCCCCCC)COP(=O)(O)OCC[N+](C)(C)C. The number of phosphoric acid groups is 1. The molecule has 0 aliphatic heterocycles. The number of hydrogen-bond acceptors (Lipinski definition) is 7. The number of hydrogen-bond donors (Lipinski definition) is 1. The highest BCUT2D eigenvalue weighted by atomic mass is 31.2. The number of likely N-dealkylation sites (N-methyl/N-ethyl adjacent to an activating group) is 1. The van der Waals surface area contributed by atoms with E-state index in [1.54, 1.807) is 0 Å². The van der Waals surface area contributed by atoms with Crippen molar-refractivity contribution in [3.05, 3.63) is 72.9 Å². The molecule has 0 rings (SSSR count). The highest BCUT2D eigenvalue weighted by molar-refractivity contribution is 7.47. The van der Waals surface area contributed by atoms with E-state index in [2.05, 4.69) is 86.8 Å². The molecule has 0 spiro atoms. The van der Waals surface area contributed by atoms with E-state index in [4.69, 9.17) is 18.5 Å². The Bertz CT molecular complexity index is 1580. The first kappa shape index (κ1) is 77.5. The Morgan fingerprint density at radius 2 is 0.713 bits per heavy atom. The summed E-state index contributed by atoms with van der Waals surface area (Å²) >= 11 is 0. The van der Waals surface area contributed by atoms with Gasteiger partial charge in [-0.15, -0.1) is 0 Å². The Morgan fingerprint density at radius 3 is 1.07 bits per heavy atom. The zero-order valence-corrected chi connectivity index (χ0v) is 54.0. The number of esters is 2. The number of carbonyl (C=O) groups excluding carboxylic acids is 2. The van der Waals surface area contributed by atoms with Crippen molar-refractivity contribution >= 4 is 19.8 Å². The number of ether oxygens (including phenoxy) is 2. The first-order valence-corrected chi connectivity index (χ1v) is 35.2. The molecule has 2 atom stereocenters. The molecule has 9 nitrogen and oxygen atoms in total. The molecule has 0 saturated carbocycles. The van der Waals surface area contributed by atoms with Crippen LogP contribution in [0.15, 0.2) is 72.9 Å². The Morgan fingerprint density at radius 1 is 0.400 bits per heavy atom. The van der Waals surface area contributed by atoms with Gasteiger partial charge in [0.05, 0.1) is 27.7 Å². The van der Waals surface area contributed by atoms with Gasteiger partial charge in [-0.05, 0) is 83.5 Å². The van der Waals surface area contributed by atoms with E-state index in [0.29, 0.717) is 17.4 Å². The van der Waals surface area contributed by atoms with Crippen LogP contribution >= 0.6 is 7.82 Å². The molecule has 0 fully saturated rings. The van der Waals surface area contributed by atoms with Crippen molar-refractivity contribution in [1.29, 1.82) is 0 Å². The molecule has 1 N–H and O–H groups in total. The largest absolute Gasteiger partial charge is 0.472 e. The minimum atomic E-state index is -4.39. The van der Waals surface area contributed by atoms with Crippen LogP contribution in [0.25, 0.3) is 0 Å². The predicted octanol–water partition coefficient (Wildman–Crippen LogP) is 21.6. The third-order valence-electron chi connectivity index (χ3n) is 14.7. The van der Waals surface area contributed by atoms with Crippen molar-refractivity contribution in [2.75, 3.05) is 47.5 Å². The normalized spacial score (nSPS) is 13.6. The fraction of sp³-hybridized carbons (Fsp3) is 0.800. The first-order valence-electron chi connectivity index (χ1n) is 33.7. The summed E-state index contributed by atoms with van der Waals surface area (Å²) < 4.78 is 34.7. The van der Waals surface area contributed by atoms with Crippen LogP contribution in [0.1, 0.15) is 309 Å². The molecule has 80 heavy (non-hydrogen) atoms. The first-order chi connectivity index (χ1) is 39.0. The highest BCUT2D eigenvalue weighted by Crippen LogP contribution is 2.43. The van der Waals surface area contributed by atoms with Crippen LogP contribution in [0.3, 0.4) is 0 Å². The van der Waals surface area contributed by atoms with Gasteiger partial charge in [0.15, 0.2) is 6.10 Å². The molecule has 0 aliphatic rings. The summed E-state index contributed by atoms with van der Waals surface area (Å²) in [6.45, 7) is 4.35. The lowest BCUT2D eigenvalue weighted by Gasteiger charge is -2.24. The zero-order chi connectivity index (χ0) is 58.4. The fourth-order valence-corrected chi connectivity index (χ4v) is 10.3. The van der Waals surface area contributed by atoms with Crippen LogP contribution in [-0.2, 0) is 32.7 Å². The molecular formula is C70H129NO8P+. The number of quaternary nitrogens is 1. The number of carbonyl (C=O) groups is 2. The summed E-state index contributed by atoms with van der Waals surface area (Å²) in [7, 11) is 1.49. The molecule has 0 aromatic rings. The van der Waals surface area contributed by atoms with Crippen molar-refractivity contribution < 1.29 is 42.1 Å². The molecule has 0 bridgehead atoms. The van der Waals surface area contributed by atoms with Gasteiger partial charge in [0, 0.05) is 12.8 Å². The molecule has 0 saturated heterocycles. The number of rotatable bonds is 62. The molecule has 0 radical (unpaired) electrons. The zero-order valence-electron chi connectivity index (χ0n) is 53.1. The topological polar surface area (TPSA) is 108 Å². The number of nitrogens with zero attached hydrogens (tertiary/aromatic N) is 1. The second kappa shape index (κ2) is 61.0. The molecule has 0 aliphatic carbocycles. The van der Waals surface area contributed by atoms with Crippen molar-refractivity contribution in [2.24, 2.45) is 0 Å². The van der Waals surface area contributed by atoms with E-state index >= 15 is 0 Å². The Hall–Kier alpha value is -2.55. The molecule has 0 amide bonds. The van der Waals surface area contributed by atoms with Gasteiger partial charge >= 0.3 is 19.8 Å². The Labute approximate surface area is 495 Å². The van der Waals surface area contributed by atoms with Crippen LogP contribution < -0.4 is 0 Å². The lowest BCUT2D eigenvalue weighted by Crippen LogP contribution is -2.37. The van der Waals surface area contributed by atoms with E-state index in [9.17, 15) is 19.0 Å². The lowest BCUT2D eigenvalue weighted by molar-refractivity contribution is -0.870. The summed E-state index contributed by atoms with van der Waals surface area (Å²) in [6, 6.07) is 0. The summed E-state index contributed by atoms with van der Waals surface area (Å²) in [6.07, 6.45) is 81.5. The van der Waals surface area contributed by atoms with E-state index < -0.39 is 26.5 Å². The summed E-state index contributed by atoms with van der Waals surface area (Å²) in [4.78, 5) is 35.8. The van der Waals surface area contributed by atoms with Gasteiger partial charge in [-0.2, -0.15) is 0 Å². The van der Waals surface area contributed by atoms with Crippen LogP contribution in [0.4, 0.5) is 0 Å². The second-order valence-electron chi connectivity index (χ2n) is 23.8. The molecule has 0 aromatic heterocycles. The molecule has 10 heteroatoms. The summed E-state index contributed by atoms with van der Waals surface area (Å²) in [5.41, 5.74) is 0. The molecule has 0 aromatic carbocycles. The predicted molar refractivity (Wildman–Crippen MR) is 344 cm³/mol. The van der Waals surface area contributed by atoms with Crippen molar-refractivity contribution in [3.63, 3.8) is 0 Å². The minimum absolute atomic E-state index is 0.0320. The van der Waals surface area contributed by atoms with E-state index in [1.807, 2.05) is 21.1 Å². The minimum Gasteiger partial charge on any atom is -0.462 e. The number of phosphoric ester groups is 1. The van der Waals surface area contributed by atoms with Crippen LogP contribution in [0.2, 0.25) is 0 Å². The maximum Gasteiger partial charge on any atom is 0.472 e. The molecule has 2 unspecified atom stereocenters.